The second-order valence-electron chi connectivity index (χ2n) is 10.4. The van der Waals surface area contributed by atoms with Crippen LogP contribution in [-0.4, -0.2) is 32.9 Å². The molecule has 4 atom stereocenters. The van der Waals surface area contributed by atoms with Crippen LogP contribution in [0, 0.1) is 17.8 Å². The molecule has 1 saturated heterocycles. The molecule has 1 unspecified atom stereocenters. The van der Waals surface area contributed by atoms with Crippen molar-refractivity contribution in [1.82, 2.24) is 0 Å². The predicted octanol–water partition coefficient (Wildman–Crippen LogP) is 6.40. The minimum atomic E-state index is -1.71. The Kier molecular flexibility index (Phi) is 8.17. The van der Waals surface area contributed by atoms with Crippen molar-refractivity contribution in [2.24, 2.45) is 17.8 Å². The van der Waals surface area contributed by atoms with E-state index in [0.717, 1.165) is 13.0 Å². The number of allylic oxidation sites excluding steroid dienone is 1. The maximum atomic E-state index is 6.37. The molecule has 0 aromatic carbocycles. The fourth-order valence-electron chi connectivity index (χ4n) is 2.86. The van der Waals surface area contributed by atoms with E-state index < -0.39 is 14.1 Å². The Balaban J connectivity index is 2.70. The van der Waals surface area contributed by atoms with Gasteiger partial charge in [-0.25, -0.2) is 0 Å². The fraction of sp³-hybridized carbons (Fsp3) is 0.909. The summed E-state index contributed by atoms with van der Waals surface area (Å²) >= 11 is 0. The monoisotopic (exact) mass is 384 g/mol. The van der Waals surface area contributed by atoms with E-state index in [0.29, 0.717) is 17.8 Å². The molecule has 0 N–H and O–H groups in total. The highest BCUT2D eigenvalue weighted by Crippen LogP contribution is 2.38. The van der Waals surface area contributed by atoms with E-state index >= 15 is 0 Å². The van der Waals surface area contributed by atoms with Crippen LogP contribution < -0.4 is 0 Å². The number of rotatable bonds is 8. The highest BCUT2D eigenvalue weighted by Gasteiger charge is 2.43. The van der Waals surface area contributed by atoms with Crippen LogP contribution in [0.4, 0.5) is 0 Å². The number of ether oxygens (including phenoxy) is 2. The predicted molar refractivity (Wildman–Crippen MR) is 114 cm³/mol. The van der Waals surface area contributed by atoms with Gasteiger partial charge in [0.2, 0.25) is 0 Å². The largest absolute Gasteiger partial charge is 0.417 e. The van der Waals surface area contributed by atoms with Crippen molar-refractivity contribution in [2.75, 3.05) is 6.61 Å². The summed E-state index contributed by atoms with van der Waals surface area (Å²) in [5.74, 6) is 1.05. The molecular formula is C22H44O3Si. The minimum absolute atomic E-state index is 0.0867. The molecule has 0 spiro atoms. The molecule has 4 heteroatoms. The van der Waals surface area contributed by atoms with Crippen LogP contribution in [0.5, 0.6) is 0 Å². The number of hydrogen-bond donors (Lipinski definition) is 0. The van der Waals surface area contributed by atoms with Crippen LogP contribution in [0.2, 0.25) is 18.1 Å². The highest BCUT2D eigenvalue weighted by atomic mass is 28.4. The summed E-state index contributed by atoms with van der Waals surface area (Å²) < 4.78 is 18.8. The topological polar surface area (TPSA) is 27.7 Å². The lowest BCUT2D eigenvalue weighted by molar-refractivity contribution is -0.149. The maximum absolute atomic E-state index is 6.37. The Labute approximate surface area is 164 Å². The zero-order chi connectivity index (χ0) is 20.3. The van der Waals surface area contributed by atoms with E-state index in [-0.39, 0.29) is 17.2 Å². The van der Waals surface area contributed by atoms with Gasteiger partial charge >= 0.3 is 0 Å². The second-order valence-corrected chi connectivity index (χ2v) is 15.2. The highest BCUT2D eigenvalue weighted by molar-refractivity contribution is 6.74. The zero-order valence-corrected chi connectivity index (χ0v) is 20.2. The Morgan fingerprint density at radius 3 is 2.12 bits per heavy atom. The van der Waals surface area contributed by atoms with Gasteiger partial charge in [0.05, 0.1) is 12.2 Å². The van der Waals surface area contributed by atoms with Gasteiger partial charge in [-0.3, -0.25) is 0 Å². The Morgan fingerprint density at radius 2 is 1.62 bits per heavy atom. The van der Waals surface area contributed by atoms with Crippen molar-refractivity contribution < 1.29 is 13.9 Å². The molecule has 3 nitrogen and oxygen atoms in total. The van der Waals surface area contributed by atoms with E-state index in [4.69, 9.17) is 13.9 Å². The molecule has 1 fully saturated rings. The van der Waals surface area contributed by atoms with Gasteiger partial charge in [0.25, 0.3) is 0 Å². The van der Waals surface area contributed by atoms with Crippen LogP contribution in [0.15, 0.2) is 12.2 Å². The molecule has 0 radical (unpaired) electrons. The summed E-state index contributed by atoms with van der Waals surface area (Å²) in [5.41, 5.74) is 0. The molecule has 1 heterocycles. The average Bonchev–Trinajstić information content (AvgIpc) is 2.78. The van der Waals surface area contributed by atoms with Crippen molar-refractivity contribution in [3.63, 3.8) is 0 Å². The van der Waals surface area contributed by atoms with Crippen molar-refractivity contribution in [2.45, 2.75) is 105 Å². The lowest BCUT2D eigenvalue weighted by atomic mass is 9.93. The molecule has 0 aromatic heterocycles. The van der Waals surface area contributed by atoms with E-state index in [1.807, 2.05) is 13.8 Å². The van der Waals surface area contributed by atoms with Gasteiger partial charge in [-0.05, 0) is 50.2 Å². The molecule has 0 aliphatic carbocycles. The van der Waals surface area contributed by atoms with Gasteiger partial charge in [0.15, 0.2) is 14.1 Å². The third-order valence-electron chi connectivity index (χ3n) is 6.18. The van der Waals surface area contributed by atoms with Gasteiger partial charge in [0, 0.05) is 12.5 Å². The van der Waals surface area contributed by atoms with Crippen LogP contribution in [0.3, 0.4) is 0 Å². The molecular weight excluding hydrogens is 340 g/mol. The summed E-state index contributed by atoms with van der Waals surface area (Å²) in [7, 11) is -1.71. The quantitative estimate of drug-likeness (QED) is 0.358. The molecule has 1 aliphatic rings. The van der Waals surface area contributed by atoms with E-state index in [1.54, 1.807) is 0 Å². The molecule has 0 aromatic rings. The summed E-state index contributed by atoms with van der Waals surface area (Å²) in [6.45, 7) is 25.3. The molecule has 26 heavy (non-hydrogen) atoms. The Hall–Kier alpha value is -0.163. The third kappa shape index (κ3) is 6.77. The summed E-state index contributed by atoms with van der Waals surface area (Å²) in [6.07, 6.45) is 5.69. The van der Waals surface area contributed by atoms with E-state index in [2.05, 4.69) is 73.7 Å². The molecule has 1 rings (SSSR count). The first-order valence-electron chi connectivity index (χ1n) is 10.3. The van der Waals surface area contributed by atoms with Crippen molar-refractivity contribution >= 4 is 8.32 Å². The summed E-state index contributed by atoms with van der Waals surface area (Å²) in [6, 6.07) is 0. The molecule has 0 bridgehead atoms. The first-order valence-corrected chi connectivity index (χ1v) is 13.2. The lowest BCUT2D eigenvalue weighted by Gasteiger charge is -2.36. The van der Waals surface area contributed by atoms with Crippen molar-refractivity contribution in [1.29, 1.82) is 0 Å². The first kappa shape index (κ1) is 23.9. The van der Waals surface area contributed by atoms with Crippen LogP contribution in [0.25, 0.3) is 0 Å². The van der Waals surface area contributed by atoms with Crippen LogP contribution in [-0.2, 0) is 13.9 Å². The van der Waals surface area contributed by atoms with Crippen LogP contribution in [0.1, 0.15) is 68.7 Å². The minimum Gasteiger partial charge on any atom is -0.417 e. The lowest BCUT2D eigenvalue weighted by Crippen LogP contribution is -2.41. The summed E-state index contributed by atoms with van der Waals surface area (Å²) in [4.78, 5) is 0. The van der Waals surface area contributed by atoms with Gasteiger partial charge in [-0.2, -0.15) is 0 Å². The third-order valence-corrected chi connectivity index (χ3v) is 10.7. The number of hydrogen-bond acceptors (Lipinski definition) is 3. The second kappa shape index (κ2) is 8.89. The molecule has 0 amide bonds. The first-order chi connectivity index (χ1) is 11.7. The van der Waals surface area contributed by atoms with Gasteiger partial charge in [0.1, 0.15) is 0 Å². The van der Waals surface area contributed by atoms with E-state index in [1.165, 1.54) is 0 Å². The van der Waals surface area contributed by atoms with Crippen molar-refractivity contribution in [3.8, 4) is 0 Å². The average molecular weight is 385 g/mol. The standard InChI is InChI=1S/C22H44O3Si/c1-16(2)17(3)12-13-18(4)20-19(24-22(8,9)25-20)14-15-23-26(10,11)21(5,6)7/h12-13,16-20H,14-15H2,1-11H3/b13-12-/t17-,18?,19+,20-/m1/s1. The summed E-state index contributed by atoms with van der Waals surface area (Å²) in [5, 5.41) is 0.238. The molecule has 154 valence electrons. The molecule has 0 saturated carbocycles. The van der Waals surface area contributed by atoms with Crippen molar-refractivity contribution in [3.05, 3.63) is 12.2 Å². The van der Waals surface area contributed by atoms with Gasteiger partial charge in [-0.15, -0.1) is 0 Å². The SMILES string of the molecule is CC(C)[C@H](C)/C=C\C(C)[C@H]1OC(C)(C)O[C@H]1CCO[Si](C)(C)C(C)(C)C. The zero-order valence-electron chi connectivity index (χ0n) is 19.2. The van der Waals surface area contributed by atoms with Gasteiger partial charge in [-0.1, -0.05) is 60.6 Å². The Bertz CT molecular complexity index is 462. The Morgan fingerprint density at radius 1 is 1.04 bits per heavy atom. The maximum Gasteiger partial charge on any atom is 0.191 e. The van der Waals surface area contributed by atoms with Crippen LogP contribution >= 0.6 is 0 Å². The fourth-order valence-corrected chi connectivity index (χ4v) is 3.92. The van der Waals surface area contributed by atoms with E-state index in [9.17, 15) is 0 Å². The smallest absolute Gasteiger partial charge is 0.191 e. The van der Waals surface area contributed by atoms with Gasteiger partial charge < -0.3 is 13.9 Å². The molecule has 1 aliphatic heterocycles. The normalized spacial score (nSPS) is 26.6.